The van der Waals surface area contributed by atoms with Gasteiger partial charge in [0.25, 0.3) is 8.32 Å². The fraction of sp³-hybridized carbons (Fsp3) is 0.545. The molecule has 0 aliphatic carbocycles. The molecule has 0 aliphatic rings. The molecule has 0 spiro atoms. The van der Waals surface area contributed by atoms with Crippen molar-refractivity contribution in [2.24, 2.45) is 5.92 Å². The van der Waals surface area contributed by atoms with Crippen molar-refractivity contribution in [2.45, 2.75) is 104 Å². The second kappa shape index (κ2) is 13.6. The van der Waals surface area contributed by atoms with Crippen LogP contribution in [0.25, 0.3) is 4.85 Å². The van der Waals surface area contributed by atoms with Gasteiger partial charge in [0, 0.05) is 5.56 Å². The van der Waals surface area contributed by atoms with E-state index >= 15 is 0 Å². The second-order valence-corrected chi connectivity index (χ2v) is 24.2. The molecule has 6 nitrogen and oxygen atoms in total. The predicted octanol–water partition coefficient (Wildman–Crippen LogP) is 9.29. The van der Waals surface area contributed by atoms with Gasteiger partial charge in [-0.15, -0.1) is 0 Å². The number of hydrogen-bond acceptors (Lipinski definition) is 4. The van der Waals surface area contributed by atoms with Crippen molar-refractivity contribution >= 4 is 45.6 Å². The number of hydrogen-bond donors (Lipinski definition) is 1. The van der Waals surface area contributed by atoms with E-state index in [-0.39, 0.29) is 39.6 Å². The molecule has 10 heteroatoms. The highest BCUT2D eigenvalue weighted by molar-refractivity contribution is 6.75. The van der Waals surface area contributed by atoms with E-state index in [1.807, 2.05) is 33.0 Å². The van der Waals surface area contributed by atoms with Crippen LogP contribution >= 0.6 is 11.6 Å². The molecule has 1 unspecified atom stereocenters. The van der Waals surface area contributed by atoms with Gasteiger partial charge in [-0.1, -0.05) is 65.3 Å². The monoisotopic (exact) mass is 646 g/mol. The van der Waals surface area contributed by atoms with Crippen LogP contribution in [-0.2, 0) is 15.6 Å². The van der Waals surface area contributed by atoms with Crippen LogP contribution in [0.2, 0.25) is 41.3 Å². The molecule has 1 N–H and O–H groups in total. The van der Waals surface area contributed by atoms with Crippen molar-refractivity contribution in [3.8, 4) is 5.75 Å². The molecule has 236 valence electrons. The Bertz CT molecular complexity index is 1390. The summed E-state index contributed by atoms with van der Waals surface area (Å²) >= 11 is 6.45. The first-order chi connectivity index (χ1) is 19.5. The van der Waals surface area contributed by atoms with Crippen molar-refractivity contribution in [1.29, 1.82) is 0 Å². The van der Waals surface area contributed by atoms with Gasteiger partial charge in [0.2, 0.25) is 11.6 Å². The van der Waals surface area contributed by atoms with Crippen LogP contribution in [0, 0.1) is 25.2 Å². The minimum Gasteiger partial charge on any atom is -0.542 e. The molecular formula is C33H48ClFN2O4Si2. The molecule has 2 atom stereocenters. The number of carbonyl (C=O) groups excluding carboxylic acids is 2. The summed E-state index contributed by atoms with van der Waals surface area (Å²) in [6.45, 7) is 31.7. The summed E-state index contributed by atoms with van der Waals surface area (Å²) in [5.41, 5.74) is 2.19. The molecule has 0 bridgehead atoms. The minimum absolute atomic E-state index is 0.0493. The number of ketones is 1. The summed E-state index contributed by atoms with van der Waals surface area (Å²) in [6, 6.07) is 7.55. The van der Waals surface area contributed by atoms with E-state index in [0.717, 1.165) is 11.1 Å². The molecule has 2 rings (SSSR count). The average Bonchev–Trinajstić information content (AvgIpc) is 2.87. The molecule has 43 heavy (non-hydrogen) atoms. The number of carbonyl (C=O) groups is 2. The fourth-order valence-electron chi connectivity index (χ4n) is 4.03. The van der Waals surface area contributed by atoms with Gasteiger partial charge in [-0.25, -0.2) is 9.24 Å². The smallest absolute Gasteiger partial charge is 0.250 e. The van der Waals surface area contributed by atoms with Gasteiger partial charge in [-0.3, -0.25) is 9.59 Å². The normalized spacial score (nSPS) is 14.1. The number of halogens is 2. The van der Waals surface area contributed by atoms with Gasteiger partial charge in [-0.2, -0.15) is 0 Å². The molecule has 1 amide bonds. The lowest BCUT2D eigenvalue weighted by Gasteiger charge is -2.40. The Hall–Kier alpha value is -2.52. The van der Waals surface area contributed by atoms with Crippen molar-refractivity contribution in [2.75, 3.05) is 6.54 Å². The molecule has 0 saturated carbocycles. The van der Waals surface area contributed by atoms with Crippen LogP contribution in [0.1, 0.15) is 70.0 Å². The molecule has 0 saturated heterocycles. The largest absolute Gasteiger partial charge is 0.542 e. The Morgan fingerprint density at radius 2 is 1.60 bits per heavy atom. The zero-order valence-electron chi connectivity index (χ0n) is 27.8. The molecular weight excluding hydrogens is 599 g/mol. The van der Waals surface area contributed by atoms with E-state index in [9.17, 15) is 14.0 Å². The molecule has 0 aromatic heterocycles. The van der Waals surface area contributed by atoms with Crippen molar-refractivity contribution in [3.63, 3.8) is 0 Å². The van der Waals surface area contributed by atoms with E-state index in [1.165, 1.54) is 18.2 Å². The number of benzene rings is 2. The Kier molecular flexibility index (Phi) is 11.6. The van der Waals surface area contributed by atoms with Crippen LogP contribution in [0.4, 0.5) is 10.1 Å². The van der Waals surface area contributed by atoms with Gasteiger partial charge in [-0.05, 0) is 85.9 Å². The van der Waals surface area contributed by atoms with E-state index < -0.39 is 34.5 Å². The Balaban J connectivity index is 2.33. The third kappa shape index (κ3) is 9.01. The topological polar surface area (TPSA) is 69.0 Å². The zero-order valence-corrected chi connectivity index (χ0v) is 30.5. The summed E-state index contributed by atoms with van der Waals surface area (Å²) in [6.07, 6.45) is -0.133. The highest BCUT2D eigenvalue weighted by Crippen LogP contribution is 2.40. The van der Waals surface area contributed by atoms with Gasteiger partial charge < -0.3 is 14.2 Å². The van der Waals surface area contributed by atoms with Crippen LogP contribution < -0.4 is 9.74 Å². The maximum atomic E-state index is 14.7. The van der Waals surface area contributed by atoms with Gasteiger partial charge in [0.1, 0.15) is 5.75 Å². The van der Waals surface area contributed by atoms with E-state index in [1.54, 1.807) is 6.07 Å². The quantitative estimate of drug-likeness (QED) is 0.150. The van der Waals surface area contributed by atoms with Gasteiger partial charge >= 0.3 is 0 Å². The maximum Gasteiger partial charge on any atom is 0.250 e. The van der Waals surface area contributed by atoms with E-state index in [4.69, 9.17) is 27.0 Å². The Labute approximate surface area is 264 Å². The van der Waals surface area contributed by atoms with E-state index in [2.05, 4.69) is 64.8 Å². The van der Waals surface area contributed by atoms with E-state index in [0.29, 0.717) is 17.1 Å². The SMILES string of the molecule is [C-]#[N+]c1ccc(CC(C(=O)NCC(=O)c2ccc(F)c(O[Si](C)(C)C(C)(C)C)c2)[C@H](C)O[Si](C)(C)C(C)(C)C)c(C)c1Cl. The predicted molar refractivity (Wildman–Crippen MR) is 179 cm³/mol. The molecule has 0 aliphatic heterocycles. The lowest BCUT2D eigenvalue weighted by Crippen LogP contribution is -2.48. The fourth-order valence-corrected chi connectivity index (χ4v) is 6.72. The zero-order chi connectivity index (χ0) is 33.1. The Morgan fingerprint density at radius 3 is 2.14 bits per heavy atom. The maximum absolute atomic E-state index is 14.7. The third-order valence-corrected chi connectivity index (χ3v) is 18.5. The van der Waals surface area contributed by atoms with Crippen molar-refractivity contribution in [3.05, 3.63) is 69.3 Å². The summed E-state index contributed by atoms with van der Waals surface area (Å²) in [7, 11) is -4.58. The first kappa shape index (κ1) is 36.7. The number of nitrogens with one attached hydrogen (secondary N) is 1. The molecule has 0 fully saturated rings. The molecule has 2 aromatic rings. The third-order valence-electron chi connectivity index (χ3n) is 9.08. The first-order valence-corrected chi connectivity index (χ1v) is 20.8. The Morgan fingerprint density at radius 1 is 1.02 bits per heavy atom. The van der Waals surface area contributed by atoms with Crippen LogP contribution in [0.5, 0.6) is 5.75 Å². The number of amides is 1. The summed E-state index contributed by atoms with van der Waals surface area (Å²) < 4.78 is 27.4. The number of nitrogens with zero attached hydrogens (tertiary/aromatic N) is 1. The minimum atomic E-state index is -2.34. The summed E-state index contributed by atoms with van der Waals surface area (Å²) in [5.74, 6) is -1.79. The van der Waals surface area contributed by atoms with Crippen LogP contribution in [0.3, 0.4) is 0 Å². The molecule has 0 radical (unpaired) electrons. The molecule has 2 aromatic carbocycles. The second-order valence-electron chi connectivity index (χ2n) is 14.3. The van der Waals surface area contributed by atoms with Crippen LogP contribution in [0.15, 0.2) is 30.3 Å². The van der Waals surface area contributed by atoms with Gasteiger partial charge in [0.15, 0.2) is 19.9 Å². The number of Topliss-reactive ketones (excluding diaryl/α,β-unsaturated/α-hetero) is 1. The first-order valence-electron chi connectivity index (χ1n) is 14.6. The summed E-state index contributed by atoms with van der Waals surface area (Å²) in [5, 5.41) is 2.96. The average molecular weight is 647 g/mol. The van der Waals surface area contributed by atoms with Crippen molar-refractivity contribution < 1.29 is 22.8 Å². The van der Waals surface area contributed by atoms with Gasteiger partial charge in [0.05, 0.1) is 30.2 Å². The van der Waals surface area contributed by atoms with Crippen molar-refractivity contribution in [1.82, 2.24) is 5.32 Å². The lowest BCUT2D eigenvalue weighted by atomic mass is 9.91. The highest BCUT2D eigenvalue weighted by atomic mass is 35.5. The van der Waals surface area contributed by atoms with Crippen LogP contribution in [-0.4, -0.2) is 41.0 Å². The standard InChI is InChI=1S/C33H48ClFN2O4Si2/c1-21-23(15-17-27(36-9)30(21)34)18-25(22(2)40-42(10,11)32(3,4)5)31(39)37-20-28(38)24-14-16-26(35)29(19-24)41-43(12,13)33(6,7)8/h14-17,19,22,25H,18,20H2,1-8,10-13H3,(H,37,39)/t22-,25?/m0/s1. The lowest BCUT2D eigenvalue weighted by molar-refractivity contribution is -0.127. The summed E-state index contributed by atoms with van der Waals surface area (Å²) in [4.78, 5) is 30.4. The number of rotatable bonds is 11. The highest BCUT2D eigenvalue weighted by Gasteiger charge is 2.41. The molecule has 0 heterocycles.